The van der Waals surface area contributed by atoms with E-state index in [2.05, 4.69) is 30.2 Å². The highest BCUT2D eigenvalue weighted by Gasteiger charge is 2.21. The Balaban J connectivity index is 0.000000170. The molecule has 11 heteroatoms. The van der Waals surface area contributed by atoms with Gasteiger partial charge in [0.15, 0.2) is 5.82 Å². The van der Waals surface area contributed by atoms with Crippen molar-refractivity contribution in [2.45, 2.75) is 32.4 Å². The van der Waals surface area contributed by atoms with Gasteiger partial charge in [-0.2, -0.15) is 0 Å². The molecule has 0 bridgehead atoms. The van der Waals surface area contributed by atoms with Crippen LogP contribution in [0.1, 0.15) is 42.8 Å². The molecule has 2 unspecified atom stereocenters. The highest BCUT2D eigenvalue weighted by Crippen LogP contribution is 2.38. The third-order valence-electron chi connectivity index (χ3n) is 8.63. The highest BCUT2D eigenvalue weighted by molar-refractivity contribution is 5.97. The maximum atomic E-state index is 14.0. The number of rotatable bonds is 6. The van der Waals surface area contributed by atoms with Gasteiger partial charge < -0.3 is 11.1 Å². The van der Waals surface area contributed by atoms with Gasteiger partial charge in [-0.1, -0.05) is 36.4 Å². The summed E-state index contributed by atoms with van der Waals surface area (Å²) in [7, 11) is 0. The van der Waals surface area contributed by atoms with E-state index in [1.165, 1.54) is 30.6 Å². The minimum Gasteiger partial charge on any atom is -0.362 e. The fraction of sp³-hybridized carbons (Fsp3) is 0.125. The quantitative estimate of drug-likeness (QED) is 0.169. The van der Waals surface area contributed by atoms with Gasteiger partial charge >= 0.3 is 0 Å². The van der Waals surface area contributed by atoms with Crippen molar-refractivity contribution in [1.29, 1.82) is 0 Å². The van der Waals surface area contributed by atoms with Crippen LogP contribution in [-0.4, -0.2) is 26.2 Å². The van der Waals surface area contributed by atoms with Crippen LogP contribution in [0, 0.1) is 23.3 Å². The van der Waals surface area contributed by atoms with Crippen LogP contribution >= 0.6 is 0 Å². The Kier molecular flexibility index (Phi) is 9.20. The minimum absolute atomic E-state index is 0.229. The summed E-state index contributed by atoms with van der Waals surface area (Å²) in [6.07, 6.45) is 7.32. The number of nitrogens with two attached hydrogens (primary N) is 1. The molecule has 1 aliphatic rings. The van der Waals surface area contributed by atoms with E-state index >= 15 is 0 Å². The Morgan fingerprint density at radius 3 is 1.73 bits per heavy atom. The van der Waals surface area contributed by atoms with E-state index in [9.17, 15) is 17.6 Å². The van der Waals surface area contributed by atoms with Crippen LogP contribution in [0.5, 0.6) is 0 Å². The fourth-order valence-electron chi connectivity index (χ4n) is 6.38. The highest BCUT2D eigenvalue weighted by atomic mass is 19.1. The van der Waals surface area contributed by atoms with Gasteiger partial charge in [-0.3, -0.25) is 15.0 Å². The standard InChI is InChI=1S/C23H17F2N5.C17H14F2N2/c1-13(30-23-22-19(6-8-27-22)28-12-29-23)18-5-4-14-3-2-7-26-21(14)20(18)15-9-16(24)11-17(25)10-15;1-10(20)15-5-4-11-3-2-6-21-17(11)16(15)12-7-13(18)9-14(19)8-12/h2-5,7-13H,6H2,1H3,(H,28,29,30);2-10H,20H2,1H3. The van der Waals surface area contributed by atoms with Gasteiger partial charge in [0, 0.05) is 65.1 Å². The number of nitrogens with one attached hydrogen (secondary N) is 1. The second kappa shape index (κ2) is 14.0. The van der Waals surface area contributed by atoms with Gasteiger partial charge in [0.25, 0.3) is 0 Å². The molecule has 2 atom stereocenters. The molecule has 0 saturated heterocycles. The predicted molar refractivity (Wildman–Crippen MR) is 193 cm³/mol. The van der Waals surface area contributed by atoms with E-state index in [1.54, 1.807) is 18.6 Å². The zero-order chi connectivity index (χ0) is 35.6. The van der Waals surface area contributed by atoms with Crippen LogP contribution < -0.4 is 11.1 Å². The fourth-order valence-corrected chi connectivity index (χ4v) is 6.38. The molecule has 0 spiro atoms. The molecule has 1 aliphatic heterocycles. The Bertz CT molecular complexity index is 2410. The van der Waals surface area contributed by atoms with E-state index in [0.717, 1.165) is 45.4 Å². The summed E-state index contributed by atoms with van der Waals surface area (Å²) in [6, 6.07) is 21.7. The minimum atomic E-state index is -0.632. The Morgan fingerprint density at radius 1 is 0.647 bits per heavy atom. The number of halogens is 4. The number of aliphatic imine (C=N–C) groups is 1. The molecule has 3 aromatic heterocycles. The van der Waals surface area contributed by atoms with Gasteiger partial charge in [0.05, 0.1) is 22.8 Å². The molecule has 7 aromatic rings. The summed E-state index contributed by atoms with van der Waals surface area (Å²) in [4.78, 5) is 21.8. The Labute approximate surface area is 291 Å². The lowest BCUT2D eigenvalue weighted by molar-refractivity contribution is 0.583. The topological polar surface area (TPSA) is 102 Å². The van der Waals surface area contributed by atoms with E-state index in [1.807, 2.05) is 62.4 Å². The second-order valence-electron chi connectivity index (χ2n) is 12.2. The summed E-state index contributed by atoms with van der Waals surface area (Å²) < 4.78 is 55.2. The van der Waals surface area contributed by atoms with Crippen molar-refractivity contribution < 1.29 is 17.6 Å². The Hall–Kier alpha value is -6.07. The van der Waals surface area contributed by atoms with Crippen LogP contribution in [0.4, 0.5) is 29.1 Å². The first-order chi connectivity index (χ1) is 24.7. The summed E-state index contributed by atoms with van der Waals surface area (Å²) in [5.41, 5.74) is 12.9. The summed E-state index contributed by atoms with van der Waals surface area (Å²) >= 11 is 0. The number of nitrogens with zero attached hydrogens (tertiary/aromatic N) is 5. The molecule has 0 fully saturated rings. The molecule has 0 aliphatic carbocycles. The van der Waals surface area contributed by atoms with Crippen molar-refractivity contribution in [2.24, 2.45) is 10.7 Å². The van der Waals surface area contributed by atoms with Crippen molar-refractivity contribution >= 4 is 39.5 Å². The van der Waals surface area contributed by atoms with Crippen LogP contribution in [0.3, 0.4) is 0 Å². The molecule has 0 radical (unpaired) electrons. The normalized spacial score (nSPS) is 13.1. The van der Waals surface area contributed by atoms with E-state index in [0.29, 0.717) is 45.5 Å². The molecule has 51 heavy (non-hydrogen) atoms. The number of hydrogen-bond donors (Lipinski definition) is 2. The summed E-state index contributed by atoms with van der Waals surface area (Å²) in [6.45, 7) is 3.81. The molecular weight excluding hydrogens is 654 g/mol. The van der Waals surface area contributed by atoms with Gasteiger partial charge in [-0.25, -0.2) is 27.5 Å². The van der Waals surface area contributed by atoms with Crippen molar-refractivity contribution in [3.05, 3.63) is 144 Å². The molecule has 3 N–H and O–H groups in total. The van der Waals surface area contributed by atoms with Crippen molar-refractivity contribution in [1.82, 2.24) is 19.9 Å². The molecule has 0 amide bonds. The molecule has 4 heterocycles. The van der Waals surface area contributed by atoms with E-state index in [-0.39, 0.29) is 12.1 Å². The average Bonchev–Trinajstić information content (AvgIpc) is 3.60. The van der Waals surface area contributed by atoms with Crippen molar-refractivity contribution in [3.63, 3.8) is 0 Å². The molecule has 4 aromatic carbocycles. The van der Waals surface area contributed by atoms with E-state index in [4.69, 9.17) is 5.73 Å². The van der Waals surface area contributed by atoms with Crippen LogP contribution in [0.2, 0.25) is 0 Å². The van der Waals surface area contributed by atoms with Gasteiger partial charge in [-0.15, -0.1) is 0 Å². The smallest absolute Gasteiger partial charge is 0.156 e. The maximum absolute atomic E-state index is 14.0. The largest absolute Gasteiger partial charge is 0.362 e. The average molecular weight is 686 g/mol. The van der Waals surface area contributed by atoms with Crippen LogP contribution in [0.15, 0.2) is 109 Å². The number of aromatic nitrogens is 4. The summed E-state index contributed by atoms with van der Waals surface area (Å²) in [5, 5.41) is 5.18. The lowest BCUT2D eigenvalue weighted by atomic mass is 9.92. The molecule has 7 nitrogen and oxygen atoms in total. The SMILES string of the molecule is CC(N)c1ccc2cccnc2c1-c1cc(F)cc(F)c1.CC(Nc1ncnc2c1N=CC2)c1ccc2cccnc2c1-c1cc(F)cc(F)c1. The number of fused-ring (bicyclic) bond motifs is 3. The number of benzene rings is 4. The number of hydrogen-bond acceptors (Lipinski definition) is 7. The zero-order valence-electron chi connectivity index (χ0n) is 27.6. The van der Waals surface area contributed by atoms with Gasteiger partial charge in [-0.05, 0) is 72.5 Å². The van der Waals surface area contributed by atoms with Crippen LogP contribution in [-0.2, 0) is 6.42 Å². The monoisotopic (exact) mass is 685 g/mol. The third kappa shape index (κ3) is 6.88. The maximum Gasteiger partial charge on any atom is 0.156 e. The van der Waals surface area contributed by atoms with Crippen LogP contribution in [0.25, 0.3) is 44.1 Å². The first-order valence-electron chi connectivity index (χ1n) is 16.2. The van der Waals surface area contributed by atoms with Gasteiger partial charge in [0.1, 0.15) is 35.3 Å². The molecule has 8 rings (SSSR count). The lowest BCUT2D eigenvalue weighted by Gasteiger charge is -2.21. The Morgan fingerprint density at radius 2 is 1.18 bits per heavy atom. The first-order valence-corrected chi connectivity index (χ1v) is 16.2. The predicted octanol–water partition coefficient (Wildman–Crippen LogP) is 9.60. The van der Waals surface area contributed by atoms with E-state index < -0.39 is 23.3 Å². The lowest BCUT2D eigenvalue weighted by Crippen LogP contribution is -2.10. The third-order valence-corrected chi connectivity index (χ3v) is 8.63. The molecular formula is C40H31F4N7. The number of pyridine rings is 2. The zero-order valence-corrected chi connectivity index (χ0v) is 27.6. The number of anilines is 1. The van der Waals surface area contributed by atoms with Gasteiger partial charge in [0.2, 0.25) is 0 Å². The second-order valence-corrected chi connectivity index (χ2v) is 12.2. The summed E-state index contributed by atoms with van der Waals surface area (Å²) in [5.74, 6) is -1.87. The van der Waals surface area contributed by atoms with Crippen molar-refractivity contribution in [3.8, 4) is 22.3 Å². The molecule has 0 saturated carbocycles. The van der Waals surface area contributed by atoms with Crippen molar-refractivity contribution in [2.75, 3.05) is 5.32 Å². The molecule has 254 valence electrons. The first kappa shape index (κ1) is 33.4.